The van der Waals surface area contributed by atoms with Gasteiger partial charge in [0.05, 0.1) is 29.8 Å². The van der Waals surface area contributed by atoms with Crippen LogP contribution in [0.5, 0.6) is 11.5 Å². The highest BCUT2D eigenvalue weighted by atomic mass is 35.5. The van der Waals surface area contributed by atoms with Crippen molar-refractivity contribution in [3.8, 4) is 17.6 Å². The maximum atomic E-state index is 9.71. The van der Waals surface area contributed by atoms with E-state index in [0.717, 1.165) is 55.6 Å². The molecule has 2 atom stereocenters. The van der Waals surface area contributed by atoms with E-state index in [1.54, 1.807) is 24.4 Å². The van der Waals surface area contributed by atoms with Crippen LogP contribution in [0, 0.1) is 22.7 Å². The van der Waals surface area contributed by atoms with Crippen LogP contribution in [-0.2, 0) is 17.9 Å². The highest BCUT2D eigenvalue weighted by Crippen LogP contribution is 2.49. The van der Waals surface area contributed by atoms with Gasteiger partial charge in [0.25, 0.3) is 0 Å². The van der Waals surface area contributed by atoms with Crippen molar-refractivity contribution in [1.29, 1.82) is 5.26 Å². The van der Waals surface area contributed by atoms with Gasteiger partial charge < -0.3 is 39.7 Å². The van der Waals surface area contributed by atoms with Crippen LogP contribution in [0.15, 0.2) is 79.2 Å². The van der Waals surface area contributed by atoms with Crippen molar-refractivity contribution < 1.29 is 29.5 Å². The summed E-state index contributed by atoms with van der Waals surface area (Å²) in [7, 11) is 0. The van der Waals surface area contributed by atoms with Crippen LogP contribution in [-0.4, -0.2) is 89.5 Å². The van der Waals surface area contributed by atoms with Crippen LogP contribution in [0.4, 0.5) is 0 Å². The number of ether oxygens (including phenoxy) is 3. The lowest BCUT2D eigenvalue weighted by Gasteiger charge is -2.47. The fourth-order valence-electron chi connectivity index (χ4n) is 6.94. The van der Waals surface area contributed by atoms with Crippen molar-refractivity contribution in [3.05, 3.63) is 106 Å². The van der Waals surface area contributed by atoms with E-state index in [1.165, 1.54) is 6.20 Å². The highest BCUT2D eigenvalue weighted by molar-refractivity contribution is 6.32. The third-order valence-electron chi connectivity index (χ3n) is 10.2. The number of benzene rings is 2. The third kappa shape index (κ3) is 9.79. The van der Waals surface area contributed by atoms with Gasteiger partial charge in [-0.3, -0.25) is 4.98 Å². The Morgan fingerprint density at radius 2 is 1.88 bits per heavy atom. The van der Waals surface area contributed by atoms with Crippen molar-refractivity contribution in [2.45, 2.75) is 57.9 Å². The molecule has 1 aromatic heterocycles. The van der Waals surface area contributed by atoms with Crippen LogP contribution in [0.3, 0.4) is 0 Å². The van der Waals surface area contributed by atoms with Gasteiger partial charge in [0.2, 0.25) is 0 Å². The number of aromatic nitrogens is 1. The van der Waals surface area contributed by atoms with Crippen molar-refractivity contribution in [1.82, 2.24) is 15.2 Å². The van der Waals surface area contributed by atoms with E-state index in [2.05, 4.69) is 59.4 Å². The lowest BCUT2D eigenvalue weighted by atomic mass is 9.65. The maximum Gasteiger partial charge on any atom is 0.141 e. The molecule has 2 aliphatic rings. The number of hydrogen-bond donors (Lipinski definition) is 4. The summed E-state index contributed by atoms with van der Waals surface area (Å²) < 4.78 is 19.8. The molecule has 0 bridgehead atoms. The number of likely N-dealkylation sites (tertiary alicyclic amines) is 1. The Morgan fingerprint density at radius 1 is 1.08 bits per heavy atom. The molecule has 52 heavy (non-hydrogen) atoms. The minimum atomic E-state index is -0.855. The topological polar surface area (TPSA) is 140 Å². The fraction of sp³-hybridized carbons (Fsp3) is 0.463. The molecule has 278 valence electrons. The number of hydrogen-bond acceptors (Lipinski definition) is 10. The largest absolute Gasteiger partial charge is 0.488 e. The van der Waals surface area contributed by atoms with E-state index in [-0.39, 0.29) is 39.6 Å². The zero-order valence-electron chi connectivity index (χ0n) is 30.1. The van der Waals surface area contributed by atoms with Crippen LogP contribution in [0.25, 0.3) is 5.57 Å². The van der Waals surface area contributed by atoms with E-state index in [9.17, 15) is 20.6 Å². The molecule has 1 fully saturated rings. The third-order valence-corrected chi connectivity index (χ3v) is 10.5. The summed E-state index contributed by atoms with van der Waals surface area (Å²) in [5.74, 6) is 1.24. The van der Waals surface area contributed by atoms with Gasteiger partial charge in [-0.1, -0.05) is 67.9 Å². The summed E-state index contributed by atoms with van der Waals surface area (Å²) in [5, 5.41) is 41.8. The Hall–Kier alpha value is -3.79. The standard InChI is InChI=1S/C41H51ClN4O6/c1-40(2)36(33-10-4-3-5-11-33)12-6-13-41(40,52-16-8-15-46-14-7-9-30(24-46)25-47)29-51-39-19-38(50-28-32-17-31(20-43)21-44-22-32)34(18-37(39)42)23-45-35(26-48)27-49/h3-6,10-13,17-19,21-22,30,35,45,47-49H,7-9,14-16,23-29H2,1-2H3/t30?,41-/m0/s1. The second kappa shape index (κ2) is 18.8. The maximum absolute atomic E-state index is 9.71. The zero-order chi connectivity index (χ0) is 37.0. The van der Waals surface area contributed by atoms with Crippen LogP contribution >= 0.6 is 11.6 Å². The van der Waals surface area contributed by atoms with Gasteiger partial charge in [-0.25, -0.2) is 0 Å². The molecule has 1 aliphatic heterocycles. The smallest absolute Gasteiger partial charge is 0.141 e. The molecule has 1 aliphatic carbocycles. The van der Waals surface area contributed by atoms with Crippen molar-refractivity contribution in [3.63, 3.8) is 0 Å². The molecule has 0 radical (unpaired) electrons. The number of aliphatic hydroxyl groups is 3. The first-order valence-electron chi connectivity index (χ1n) is 18.0. The fourth-order valence-corrected chi connectivity index (χ4v) is 7.18. The summed E-state index contributed by atoms with van der Waals surface area (Å²) in [4.78, 5) is 6.56. The lowest BCUT2D eigenvalue weighted by molar-refractivity contribution is -0.0931. The molecular weight excluding hydrogens is 680 g/mol. The Morgan fingerprint density at radius 3 is 2.63 bits per heavy atom. The van der Waals surface area contributed by atoms with E-state index in [0.29, 0.717) is 40.2 Å². The molecular formula is C41H51ClN4O6. The Kier molecular flexibility index (Phi) is 14.3. The first-order valence-corrected chi connectivity index (χ1v) is 18.4. The number of piperidine rings is 1. The van der Waals surface area contributed by atoms with E-state index >= 15 is 0 Å². The second-order valence-corrected chi connectivity index (χ2v) is 14.5. The van der Waals surface area contributed by atoms with Gasteiger partial charge in [-0.15, -0.1) is 0 Å². The molecule has 2 heterocycles. The molecule has 1 saturated heterocycles. The summed E-state index contributed by atoms with van der Waals surface area (Å²) >= 11 is 6.89. The number of halogens is 1. The molecule has 10 nitrogen and oxygen atoms in total. The zero-order valence-corrected chi connectivity index (χ0v) is 30.9. The van der Waals surface area contributed by atoms with E-state index in [1.807, 2.05) is 24.3 Å². The normalized spacial score (nSPS) is 20.0. The van der Waals surface area contributed by atoms with Crippen molar-refractivity contribution >= 4 is 17.2 Å². The Bertz CT molecular complexity index is 1710. The molecule has 0 amide bonds. The van der Waals surface area contributed by atoms with Gasteiger partial charge in [-0.05, 0) is 61.1 Å². The van der Waals surface area contributed by atoms with E-state index in [4.69, 9.17) is 25.8 Å². The first kappa shape index (κ1) is 39.4. The number of allylic oxidation sites excluding steroid dienone is 2. The first-order chi connectivity index (χ1) is 25.2. The molecule has 2 aromatic carbocycles. The van der Waals surface area contributed by atoms with Crippen LogP contribution in [0.1, 0.15) is 55.4 Å². The average molecular weight is 731 g/mol. The lowest BCUT2D eigenvalue weighted by Crippen LogP contribution is -2.52. The predicted octanol–water partition coefficient (Wildman–Crippen LogP) is 5.54. The molecule has 4 N–H and O–H groups in total. The number of aliphatic hydroxyl groups excluding tert-OH is 3. The SMILES string of the molecule is CC1(C)C(c2ccccc2)=CC=C[C@@]1(COc1cc(OCc2cncc(C#N)c2)c(CNC(CO)CO)cc1Cl)OCCCN1CCCC(CO)C1. The molecule has 3 aromatic rings. The number of nitriles is 1. The second-order valence-electron chi connectivity index (χ2n) is 14.1. The minimum absolute atomic E-state index is 0.143. The highest BCUT2D eigenvalue weighted by Gasteiger charge is 2.49. The van der Waals surface area contributed by atoms with Gasteiger partial charge in [0.1, 0.15) is 36.4 Å². The number of rotatable bonds is 18. The van der Waals surface area contributed by atoms with Crippen molar-refractivity contribution in [2.24, 2.45) is 11.3 Å². The molecule has 0 saturated carbocycles. The minimum Gasteiger partial charge on any atom is -0.488 e. The molecule has 1 unspecified atom stereocenters. The van der Waals surface area contributed by atoms with Gasteiger partial charge in [0, 0.05) is 67.8 Å². The van der Waals surface area contributed by atoms with Crippen LogP contribution < -0.4 is 14.8 Å². The molecule has 5 rings (SSSR count). The summed E-state index contributed by atoms with van der Waals surface area (Å²) in [6, 6.07) is 17.1. The van der Waals surface area contributed by atoms with E-state index < -0.39 is 17.1 Å². The predicted molar refractivity (Wildman–Crippen MR) is 202 cm³/mol. The van der Waals surface area contributed by atoms with Crippen LogP contribution in [0.2, 0.25) is 5.02 Å². The number of pyridine rings is 1. The number of nitrogens with zero attached hydrogens (tertiary/aromatic N) is 3. The summed E-state index contributed by atoms with van der Waals surface area (Å²) in [6.07, 6.45) is 12.4. The molecule has 0 spiro atoms. The summed E-state index contributed by atoms with van der Waals surface area (Å²) in [6.45, 7) is 8.04. The van der Waals surface area contributed by atoms with Crippen molar-refractivity contribution in [2.75, 3.05) is 52.7 Å². The van der Waals surface area contributed by atoms with Gasteiger partial charge >= 0.3 is 0 Å². The Balaban J connectivity index is 1.39. The van der Waals surface area contributed by atoms with Gasteiger partial charge in [-0.2, -0.15) is 5.26 Å². The Labute approximate surface area is 312 Å². The molecule has 11 heteroatoms. The summed E-state index contributed by atoms with van der Waals surface area (Å²) in [5.41, 5.74) is 2.73. The number of nitrogens with one attached hydrogen (secondary N) is 1. The quantitative estimate of drug-likeness (QED) is 0.124. The van der Waals surface area contributed by atoms with Gasteiger partial charge in [0.15, 0.2) is 0 Å². The average Bonchev–Trinajstić information content (AvgIpc) is 3.17. The monoisotopic (exact) mass is 730 g/mol.